The zero-order valence-corrected chi connectivity index (χ0v) is 9.96. The minimum absolute atomic E-state index is 0.00940. The van der Waals surface area contributed by atoms with Crippen molar-refractivity contribution < 1.29 is 4.79 Å². The summed E-state index contributed by atoms with van der Waals surface area (Å²) in [5, 5.41) is 1.94. The van der Waals surface area contributed by atoms with E-state index in [4.69, 9.17) is 5.73 Å². The Morgan fingerprint density at radius 1 is 1.73 bits per heavy atom. The molecular formula is C10H17N3OS. The maximum absolute atomic E-state index is 11.7. The van der Waals surface area contributed by atoms with E-state index in [0.717, 1.165) is 18.5 Å². The number of nitrogens with two attached hydrogens (primary N) is 1. The minimum Gasteiger partial charge on any atom is -0.338 e. The van der Waals surface area contributed by atoms with Gasteiger partial charge in [-0.05, 0) is 6.42 Å². The lowest BCUT2D eigenvalue weighted by Gasteiger charge is -2.20. The second-order valence-corrected chi connectivity index (χ2v) is 4.29. The molecule has 0 bridgehead atoms. The molecule has 1 rings (SSSR count). The molecule has 0 aliphatic heterocycles. The molecule has 0 aliphatic rings. The highest BCUT2D eigenvalue weighted by molar-refractivity contribution is 7.07. The molecule has 0 aliphatic carbocycles. The van der Waals surface area contributed by atoms with Crippen LogP contribution in [0.3, 0.4) is 0 Å². The summed E-state index contributed by atoms with van der Waals surface area (Å²) in [6, 6.07) is -0.376. The van der Waals surface area contributed by atoms with E-state index in [1.54, 1.807) is 17.5 Å². The molecule has 2 N–H and O–H groups in total. The van der Waals surface area contributed by atoms with Gasteiger partial charge in [-0.2, -0.15) is 0 Å². The van der Waals surface area contributed by atoms with Crippen LogP contribution in [0.15, 0.2) is 10.9 Å². The number of nitrogens with zero attached hydrogens (tertiary/aromatic N) is 2. The summed E-state index contributed by atoms with van der Waals surface area (Å²) >= 11 is 1.53. The van der Waals surface area contributed by atoms with E-state index in [1.807, 2.05) is 12.3 Å². The average molecular weight is 227 g/mol. The third-order valence-corrected chi connectivity index (χ3v) is 2.81. The van der Waals surface area contributed by atoms with Crippen molar-refractivity contribution in [1.82, 2.24) is 9.88 Å². The number of hydrogen-bond acceptors (Lipinski definition) is 4. The zero-order chi connectivity index (χ0) is 11.3. The van der Waals surface area contributed by atoms with Gasteiger partial charge in [-0.3, -0.25) is 4.79 Å². The van der Waals surface area contributed by atoms with Crippen LogP contribution in [-0.2, 0) is 11.3 Å². The molecule has 1 amide bonds. The Balaban J connectivity index is 2.46. The Labute approximate surface area is 94.1 Å². The van der Waals surface area contributed by atoms with Crippen molar-refractivity contribution in [2.24, 2.45) is 5.73 Å². The van der Waals surface area contributed by atoms with Crippen LogP contribution in [0.5, 0.6) is 0 Å². The first-order chi connectivity index (χ1) is 7.15. The molecule has 1 heterocycles. The summed E-state index contributed by atoms with van der Waals surface area (Å²) in [6.45, 7) is 2.56. The summed E-state index contributed by atoms with van der Waals surface area (Å²) in [7, 11) is 1.76. The molecule has 1 aromatic rings. The summed E-state index contributed by atoms with van der Waals surface area (Å²) in [5.74, 6) is -0.00940. The van der Waals surface area contributed by atoms with Gasteiger partial charge in [0, 0.05) is 12.4 Å². The standard InChI is InChI=1S/C10H17N3OS/c1-3-4-9(11)10(14)13(2)5-8-6-15-7-12-8/h6-7,9H,3-5,11H2,1-2H3/t9-/m1/s1. The Kier molecular flexibility index (Phi) is 4.71. The van der Waals surface area contributed by atoms with Crippen molar-refractivity contribution in [2.75, 3.05) is 7.05 Å². The first-order valence-corrected chi connectivity index (χ1v) is 5.97. The quantitative estimate of drug-likeness (QED) is 0.823. The topological polar surface area (TPSA) is 59.2 Å². The molecule has 0 radical (unpaired) electrons. The molecule has 0 fully saturated rings. The monoisotopic (exact) mass is 227 g/mol. The number of carbonyl (C=O) groups is 1. The first kappa shape index (κ1) is 12.1. The van der Waals surface area contributed by atoms with Crippen molar-refractivity contribution in [1.29, 1.82) is 0 Å². The Bertz CT molecular complexity index is 300. The SMILES string of the molecule is CCC[C@@H](N)C(=O)N(C)Cc1cscn1. The number of aromatic nitrogens is 1. The van der Waals surface area contributed by atoms with Crippen molar-refractivity contribution in [3.8, 4) is 0 Å². The molecule has 84 valence electrons. The lowest BCUT2D eigenvalue weighted by atomic mass is 10.1. The van der Waals surface area contributed by atoms with E-state index in [0.29, 0.717) is 6.54 Å². The number of likely N-dealkylation sites (N-methyl/N-ethyl adjacent to an activating group) is 1. The van der Waals surface area contributed by atoms with Gasteiger partial charge in [0.05, 0.1) is 23.8 Å². The van der Waals surface area contributed by atoms with Gasteiger partial charge in [-0.25, -0.2) is 4.98 Å². The maximum Gasteiger partial charge on any atom is 0.239 e. The van der Waals surface area contributed by atoms with Gasteiger partial charge in [0.25, 0.3) is 0 Å². The molecule has 0 saturated carbocycles. The van der Waals surface area contributed by atoms with Crippen LogP contribution in [0.4, 0.5) is 0 Å². The van der Waals surface area contributed by atoms with Gasteiger partial charge >= 0.3 is 0 Å². The fourth-order valence-electron chi connectivity index (χ4n) is 1.35. The van der Waals surface area contributed by atoms with Gasteiger partial charge in [0.15, 0.2) is 0 Å². The molecule has 4 nitrogen and oxygen atoms in total. The van der Waals surface area contributed by atoms with Crippen LogP contribution >= 0.6 is 11.3 Å². The Morgan fingerprint density at radius 3 is 3.00 bits per heavy atom. The average Bonchev–Trinajstić information content (AvgIpc) is 2.69. The van der Waals surface area contributed by atoms with Crippen molar-refractivity contribution in [3.05, 3.63) is 16.6 Å². The van der Waals surface area contributed by atoms with E-state index in [2.05, 4.69) is 4.98 Å². The number of rotatable bonds is 5. The highest BCUT2D eigenvalue weighted by Crippen LogP contribution is 2.06. The van der Waals surface area contributed by atoms with Gasteiger partial charge in [-0.15, -0.1) is 11.3 Å². The smallest absolute Gasteiger partial charge is 0.239 e. The summed E-state index contributed by atoms with van der Waals surface area (Å²) in [4.78, 5) is 17.5. The van der Waals surface area contributed by atoms with E-state index < -0.39 is 0 Å². The van der Waals surface area contributed by atoms with Crippen molar-refractivity contribution in [2.45, 2.75) is 32.4 Å². The highest BCUT2D eigenvalue weighted by atomic mass is 32.1. The van der Waals surface area contributed by atoms with Crippen LogP contribution < -0.4 is 5.73 Å². The first-order valence-electron chi connectivity index (χ1n) is 5.02. The largest absolute Gasteiger partial charge is 0.338 e. The Hall–Kier alpha value is -0.940. The number of hydrogen-bond donors (Lipinski definition) is 1. The predicted molar refractivity (Wildman–Crippen MR) is 61.5 cm³/mol. The van der Waals surface area contributed by atoms with Crippen molar-refractivity contribution >= 4 is 17.2 Å². The van der Waals surface area contributed by atoms with Gasteiger partial charge < -0.3 is 10.6 Å². The molecule has 0 spiro atoms. The number of carbonyl (C=O) groups excluding carboxylic acids is 1. The Morgan fingerprint density at radius 2 is 2.47 bits per heavy atom. The third-order valence-electron chi connectivity index (χ3n) is 2.18. The van der Waals surface area contributed by atoms with Gasteiger partial charge in [0.1, 0.15) is 0 Å². The molecule has 0 saturated heterocycles. The molecule has 1 aromatic heterocycles. The van der Waals surface area contributed by atoms with Crippen LogP contribution in [0.2, 0.25) is 0 Å². The maximum atomic E-state index is 11.7. The lowest BCUT2D eigenvalue weighted by molar-refractivity contribution is -0.132. The number of amides is 1. The van der Waals surface area contributed by atoms with E-state index >= 15 is 0 Å². The third kappa shape index (κ3) is 3.60. The van der Waals surface area contributed by atoms with Crippen LogP contribution in [0.1, 0.15) is 25.5 Å². The molecule has 15 heavy (non-hydrogen) atoms. The number of thiazole rings is 1. The lowest BCUT2D eigenvalue weighted by Crippen LogP contribution is -2.41. The second kappa shape index (κ2) is 5.82. The predicted octanol–water partition coefficient (Wildman–Crippen LogP) is 1.23. The highest BCUT2D eigenvalue weighted by Gasteiger charge is 2.17. The summed E-state index contributed by atoms with van der Waals surface area (Å²) in [5.41, 5.74) is 8.43. The molecule has 0 aromatic carbocycles. The van der Waals surface area contributed by atoms with Crippen LogP contribution in [0, 0.1) is 0 Å². The fraction of sp³-hybridized carbons (Fsp3) is 0.600. The minimum atomic E-state index is -0.376. The summed E-state index contributed by atoms with van der Waals surface area (Å²) < 4.78 is 0. The molecule has 5 heteroatoms. The fourth-order valence-corrected chi connectivity index (χ4v) is 1.90. The molecular weight excluding hydrogens is 210 g/mol. The van der Waals surface area contributed by atoms with Gasteiger partial charge in [0.2, 0.25) is 5.91 Å². The van der Waals surface area contributed by atoms with E-state index in [1.165, 1.54) is 11.3 Å². The van der Waals surface area contributed by atoms with Crippen molar-refractivity contribution in [3.63, 3.8) is 0 Å². The van der Waals surface area contributed by atoms with Gasteiger partial charge in [-0.1, -0.05) is 13.3 Å². The normalized spacial score (nSPS) is 12.5. The van der Waals surface area contributed by atoms with Crippen LogP contribution in [-0.4, -0.2) is 28.9 Å². The summed E-state index contributed by atoms with van der Waals surface area (Å²) in [6.07, 6.45) is 1.66. The second-order valence-electron chi connectivity index (χ2n) is 3.57. The van der Waals surface area contributed by atoms with E-state index in [-0.39, 0.29) is 11.9 Å². The zero-order valence-electron chi connectivity index (χ0n) is 9.14. The van der Waals surface area contributed by atoms with Crippen LogP contribution in [0.25, 0.3) is 0 Å². The van der Waals surface area contributed by atoms with E-state index in [9.17, 15) is 4.79 Å². The molecule has 1 atom stereocenters. The molecule has 0 unspecified atom stereocenters.